The number of ether oxygens (including phenoxy) is 1. The van der Waals surface area contributed by atoms with Crippen molar-refractivity contribution in [3.63, 3.8) is 0 Å². The molecule has 4 nitrogen and oxygen atoms in total. The Morgan fingerprint density at radius 1 is 1.53 bits per heavy atom. The highest BCUT2D eigenvalue weighted by atomic mass is 16.5. The van der Waals surface area contributed by atoms with Gasteiger partial charge in [-0.25, -0.2) is 0 Å². The Morgan fingerprint density at radius 2 is 2.24 bits per heavy atom. The van der Waals surface area contributed by atoms with Crippen molar-refractivity contribution in [2.24, 2.45) is 0 Å². The van der Waals surface area contributed by atoms with Crippen molar-refractivity contribution in [3.8, 4) is 11.8 Å². The zero-order chi connectivity index (χ0) is 12.8. The molecule has 0 aliphatic heterocycles. The topological polar surface area (TPSA) is 62.1 Å². The molecule has 1 amide bonds. The van der Waals surface area contributed by atoms with Gasteiger partial charge in [-0.15, -0.1) is 0 Å². The number of amides is 1. The SMILES string of the molecule is COc1ccc(C(C)C)cc1NC(=O)CC#N. The summed E-state index contributed by atoms with van der Waals surface area (Å²) in [6.07, 6.45) is -0.158. The molecule has 0 spiro atoms. The normalized spacial score (nSPS) is 9.82. The molecule has 1 aromatic rings. The molecular formula is C13H16N2O2. The summed E-state index contributed by atoms with van der Waals surface area (Å²) in [7, 11) is 1.55. The summed E-state index contributed by atoms with van der Waals surface area (Å²) in [5.41, 5.74) is 1.72. The lowest BCUT2D eigenvalue weighted by atomic mass is 10.0. The Labute approximate surface area is 101 Å². The highest BCUT2D eigenvalue weighted by Crippen LogP contribution is 2.28. The van der Waals surface area contributed by atoms with Gasteiger partial charge in [0, 0.05) is 0 Å². The number of benzene rings is 1. The molecule has 0 atom stereocenters. The van der Waals surface area contributed by atoms with Crippen LogP contribution in [-0.4, -0.2) is 13.0 Å². The number of anilines is 1. The smallest absolute Gasteiger partial charge is 0.238 e. The van der Waals surface area contributed by atoms with Crippen LogP contribution in [0.3, 0.4) is 0 Å². The van der Waals surface area contributed by atoms with Crippen molar-refractivity contribution < 1.29 is 9.53 Å². The first-order chi connectivity index (χ1) is 8.08. The lowest BCUT2D eigenvalue weighted by molar-refractivity contribution is -0.115. The molecular weight excluding hydrogens is 216 g/mol. The van der Waals surface area contributed by atoms with Gasteiger partial charge >= 0.3 is 0 Å². The molecule has 0 saturated heterocycles. The summed E-state index contributed by atoms with van der Waals surface area (Å²) in [6, 6.07) is 7.46. The highest BCUT2D eigenvalue weighted by Gasteiger charge is 2.09. The van der Waals surface area contributed by atoms with Crippen LogP contribution in [0.2, 0.25) is 0 Å². The maximum absolute atomic E-state index is 11.4. The van der Waals surface area contributed by atoms with E-state index in [-0.39, 0.29) is 12.3 Å². The minimum absolute atomic E-state index is 0.158. The Bertz CT molecular complexity index is 447. The van der Waals surface area contributed by atoms with E-state index >= 15 is 0 Å². The number of nitrogens with one attached hydrogen (secondary N) is 1. The monoisotopic (exact) mass is 232 g/mol. The second-order valence-electron chi connectivity index (χ2n) is 4.00. The minimum atomic E-state index is -0.327. The van der Waals surface area contributed by atoms with Gasteiger partial charge in [-0.05, 0) is 23.6 Å². The first kappa shape index (κ1) is 13.0. The maximum atomic E-state index is 11.4. The van der Waals surface area contributed by atoms with Crippen molar-refractivity contribution in [1.29, 1.82) is 5.26 Å². The number of rotatable bonds is 4. The summed E-state index contributed by atoms with van der Waals surface area (Å²) in [6.45, 7) is 4.14. The van der Waals surface area contributed by atoms with E-state index in [2.05, 4.69) is 19.2 Å². The molecule has 0 unspecified atom stereocenters. The van der Waals surface area contributed by atoms with Gasteiger partial charge in [0.05, 0.1) is 18.9 Å². The van der Waals surface area contributed by atoms with E-state index in [1.165, 1.54) is 0 Å². The van der Waals surface area contributed by atoms with Gasteiger partial charge in [0.25, 0.3) is 0 Å². The largest absolute Gasteiger partial charge is 0.495 e. The first-order valence-electron chi connectivity index (χ1n) is 5.43. The number of carbonyl (C=O) groups excluding carboxylic acids is 1. The predicted molar refractivity (Wildman–Crippen MR) is 65.9 cm³/mol. The maximum Gasteiger partial charge on any atom is 0.238 e. The second kappa shape index (κ2) is 5.90. The molecule has 1 N–H and O–H groups in total. The van der Waals surface area contributed by atoms with Crippen LogP contribution < -0.4 is 10.1 Å². The number of nitrogens with zero attached hydrogens (tertiary/aromatic N) is 1. The van der Waals surface area contributed by atoms with E-state index in [0.29, 0.717) is 17.4 Å². The summed E-state index contributed by atoms with van der Waals surface area (Å²) in [5, 5.41) is 11.1. The molecule has 0 heterocycles. The zero-order valence-electron chi connectivity index (χ0n) is 10.3. The fraction of sp³-hybridized carbons (Fsp3) is 0.385. The van der Waals surface area contributed by atoms with Crippen molar-refractivity contribution in [2.45, 2.75) is 26.2 Å². The first-order valence-corrected chi connectivity index (χ1v) is 5.43. The average molecular weight is 232 g/mol. The predicted octanol–water partition coefficient (Wildman–Crippen LogP) is 2.67. The molecule has 1 rings (SSSR count). The van der Waals surface area contributed by atoms with Crippen LogP contribution in [0, 0.1) is 11.3 Å². The third kappa shape index (κ3) is 3.49. The average Bonchev–Trinajstić information content (AvgIpc) is 2.29. The molecule has 4 heteroatoms. The summed E-state index contributed by atoms with van der Waals surface area (Å²) in [5.74, 6) is 0.639. The Kier molecular flexibility index (Phi) is 4.53. The van der Waals surface area contributed by atoms with Crippen LogP contribution in [0.4, 0.5) is 5.69 Å². The van der Waals surface area contributed by atoms with Crippen LogP contribution in [-0.2, 0) is 4.79 Å². The van der Waals surface area contributed by atoms with E-state index in [0.717, 1.165) is 5.56 Å². The Hall–Kier alpha value is -2.02. The van der Waals surface area contributed by atoms with E-state index in [1.807, 2.05) is 24.3 Å². The number of hydrogen-bond donors (Lipinski definition) is 1. The molecule has 0 radical (unpaired) electrons. The van der Waals surface area contributed by atoms with Gasteiger partial charge < -0.3 is 10.1 Å². The van der Waals surface area contributed by atoms with Gasteiger partial charge in [-0.1, -0.05) is 19.9 Å². The van der Waals surface area contributed by atoms with Gasteiger partial charge in [0.2, 0.25) is 5.91 Å². The molecule has 1 aromatic carbocycles. The van der Waals surface area contributed by atoms with Crippen LogP contribution in [0.5, 0.6) is 5.75 Å². The molecule has 0 aliphatic carbocycles. The molecule has 90 valence electrons. The van der Waals surface area contributed by atoms with E-state index in [1.54, 1.807) is 7.11 Å². The van der Waals surface area contributed by atoms with Crippen LogP contribution >= 0.6 is 0 Å². The fourth-order valence-electron chi connectivity index (χ4n) is 1.45. The molecule has 0 saturated carbocycles. The van der Waals surface area contributed by atoms with Gasteiger partial charge in [0.1, 0.15) is 12.2 Å². The van der Waals surface area contributed by atoms with Gasteiger partial charge in [-0.3, -0.25) is 4.79 Å². The summed E-state index contributed by atoms with van der Waals surface area (Å²) in [4.78, 5) is 11.4. The van der Waals surface area contributed by atoms with Crippen LogP contribution in [0.1, 0.15) is 31.7 Å². The number of nitriles is 1. The van der Waals surface area contributed by atoms with Gasteiger partial charge in [0.15, 0.2) is 0 Å². The van der Waals surface area contributed by atoms with E-state index < -0.39 is 0 Å². The molecule has 0 fully saturated rings. The van der Waals surface area contributed by atoms with E-state index in [9.17, 15) is 4.79 Å². The third-order valence-electron chi connectivity index (χ3n) is 2.40. The fourth-order valence-corrected chi connectivity index (χ4v) is 1.45. The number of carbonyl (C=O) groups is 1. The van der Waals surface area contributed by atoms with Crippen LogP contribution in [0.25, 0.3) is 0 Å². The van der Waals surface area contributed by atoms with Crippen molar-refractivity contribution >= 4 is 11.6 Å². The molecule has 0 bridgehead atoms. The van der Waals surface area contributed by atoms with E-state index in [4.69, 9.17) is 10.00 Å². The molecule has 0 aromatic heterocycles. The summed E-state index contributed by atoms with van der Waals surface area (Å²) >= 11 is 0. The van der Waals surface area contributed by atoms with Crippen molar-refractivity contribution in [1.82, 2.24) is 0 Å². The lowest BCUT2D eigenvalue weighted by Gasteiger charge is -2.13. The van der Waals surface area contributed by atoms with Crippen molar-refractivity contribution in [2.75, 3.05) is 12.4 Å². The highest BCUT2D eigenvalue weighted by molar-refractivity contribution is 5.93. The zero-order valence-corrected chi connectivity index (χ0v) is 10.3. The Morgan fingerprint density at radius 3 is 2.76 bits per heavy atom. The lowest BCUT2D eigenvalue weighted by Crippen LogP contribution is -2.11. The molecule has 17 heavy (non-hydrogen) atoms. The van der Waals surface area contributed by atoms with Crippen LogP contribution in [0.15, 0.2) is 18.2 Å². The Balaban J connectivity index is 2.98. The summed E-state index contributed by atoms with van der Waals surface area (Å²) < 4.78 is 5.16. The van der Waals surface area contributed by atoms with Gasteiger partial charge in [-0.2, -0.15) is 5.26 Å². The second-order valence-corrected chi connectivity index (χ2v) is 4.00. The van der Waals surface area contributed by atoms with Crippen molar-refractivity contribution in [3.05, 3.63) is 23.8 Å². The quantitative estimate of drug-likeness (QED) is 0.868. The molecule has 0 aliphatic rings. The standard InChI is InChI=1S/C13H16N2O2/c1-9(2)10-4-5-12(17-3)11(8-10)15-13(16)6-7-14/h4-5,8-9H,6H2,1-3H3,(H,15,16). The number of methoxy groups -OCH3 is 1. The number of hydrogen-bond acceptors (Lipinski definition) is 3. The minimum Gasteiger partial charge on any atom is -0.495 e. The third-order valence-corrected chi connectivity index (χ3v) is 2.40.